The van der Waals surface area contributed by atoms with Crippen LogP contribution < -0.4 is 15.2 Å². The van der Waals surface area contributed by atoms with Crippen molar-refractivity contribution in [2.75, 3.05) is 14.2 Å². The van der Waals surface area contributed by atoms with E-state index in [9.17, 15) is 13.2 Å². The Morgan fingerprint density at radius 2 is 1.78 bits per heavy atom. The molecule has 1 rings (SSSR count). The highest BCUT2D eigenvalue weighted by atomic mass is 19.4. The second kappa shape index (κ2) is 5.95. The zero-order valence-electron chi connectivity index (χ0n) is 10.3. The highest BCUT2D eigenvalue weighted by Gasteiger charge is 2.30. The van der Waals surface area contributed by atoms with Crippen molar-refractivity contribution in [2.45, 2.75) is 25.1 Å². The molecule has 2 N–H and O–H groups in total. The van der Waals surface area contributed by atoms with Crippen LogP contribution in [-0.4, -0.2) is 26.4 Å². The number of benzene rings is 1. The molecule has 1 aromatic carbocycles. The van der Waals surface area contributed by atoms with Gasteiger partial charge in [0.1, 0.15) is 0 Å². The number of hydrogen-bond donors (Lipinski definition) is 1. The van der Waals surface area contributed by atoms with Crippen LogP contribution in [0.4, 0.5) is 13.2 Å². The van der Waals surface area contributed by atoms with Gasteiger partial charge in [-0.15, -0.1) is 0 Å². The van der Waals surface area contributed by atoms with Gasteiger partial charge < -0.3 is 15.2 Å². The molecule has 0 aliphatic carbocycles. The summed E-state index contributed by atoms with van der Waals surface area (Å²) in [5.41, 5.74) is 6.15. The molecule has 0 saturated heterocycles. The van der Waals surface area contributed by atoms with Gasteiger partial charge in [0.25, 0.3) is 0 Å². The first-order chi connectivity index (χ1) is 8.35. The van der Waals surface area contributed by atoms with Crippen LogP contribution in [0.3, 0.4) is 0 Å². The third kappa shape index (κ3) is 4.44. The fraction of sp³-hybridized carbons (Fsp3) is 0.500. The Hall–Kier alpha value is -1.43. The van der Waals surface area contributed by atoms with Gasteiger partial charge >= 0.3 is 6.18 Å². The zero-order valence-corrected chi connectivity index (χ0v) is 10.3. The van der Waals surface area contributed by atoms with Gasteiger partial charge in [-0.2, -0.15) is 13.2 Å². The maximum absolute atomic E-state index is 12.1. The lowest BCUT2D eigenvalue weighted by Gasteiger charge is -2.15. The zero-order chi connectivity index (χ0) is 13.8. The van der Waals surface area contributed by atoms with Crippen LogP contribution in [0.15, 0.2) is 18.2 Å². The molecule has 1 atom stereocenters. The summed E-state index contributed by atoms with van der Waals surface area (Å²) in [7, 11) is 2.96. The summed E-state index contributed by atoms with van der Waals surface area (Å²) in [4.78, 5) is 0. The number of halogens is 3. The SMILES string of the molecule is COc1ccc(C[C@@H](N)CC(F)(F)F)cc1OC. The van der Waals surface area contributed by atoms with Crippen molar-refractivity contribution in [3.8, 4) is 11.5 Å². The first-order valence-electron chi connectivity index (χ1n) is 5.39. The minimum atomic E-state index is -4.24. The van der Waals surface area contributed by atoms with Crippen molar-refractivity contribution in [3.05, 3.63) is 23.8 Å². The molecule has 18 heavy (non-hydrogen) atoms. The van der Waals surface area contributed by atoms with Gasteiger partial charge in [-0.3, -0.25) is 0 Å². The van der Waals surface area contributed by atoms with Gasteiger partial charge in [0.2, 0.25) is 0 Å². The number of methoxy groups -OCH3 is 2. The van der Waals surface area contributed by atoms with Gasteiger partial charge in [-0.25, -0.2) is 0 Å². The Bertz CT molecular complexity index is 393. The monoisotopic (exact) mass is 263 g/mol. The maximum Gasteiger partial charge on any atom is 0.390 e. The summed E-state index contributed by atoms with van der Waals surface area (Å²) in [5, 5.41) is 0. The first kappa shape index (κ1) is 14.6. The molecule has 0 fully saturated rings. The van der Waals surface area contributed by atoms with Gasteiger partial charge in [0.15, 0.2) is 11.5 Å². The van der Waals surface area contributed by atoms with Gasteiger partial charge in [0, 0.05) is 6.04 Å². The molecular formula is C12H16F3NO2. The summed E-state index contributed by atoms with van der Waals surface area (Å²) in [6.45, 7) is 0. The molecule has 0 heterocycles. The largest absolute Gasteiger partial charge is 0.493 e. The predicted molar refractivity (Wildman–Crippen MR) is 61.9 cm³/mol. The average Bonchev–Trinajstić information content (AvgIpc) is 2.26. The van der Waals surface area contributed by atoms with E-state index in [0.717, 1.165) is 0 Å². The molecule has 0 aliphatic rings. The van der Waals surface area contributed by atoms with Gasteiger partial charge in [-0.1, -0.05) is 6.07 Å². The quantitative estimate of drug-likeness (QED) is 0.887. The smallest absolute Gasteiger partial charge is 0.390 e. The van der Waals surface area contributed by atoms with Crippen LogP contribution in [0.5, 0.6) is 11.5 Å². The minimum Gasteiger partial charge on any atom is -0.493 e. The van der Waals surface area contributed by atoms with Crippen LogP contribution in [0.25, 0.3) is 0 Å². The van der Waals surface area contributed by atoms with E-state index in [1.54, 1.807) is 18.2 Å². The van der Waals surface area contributed by atoms with Crippen LogP contribution in [0, 0.1) is 0 Å². The molecule has 0 spiro atoms. The van der Waals surface area contributed by atoms with E-state index >= 15 is 0 Å². The molecule has 0 unspecified atom stereocenters. The lowest BCUT2D eigenvalue weighted by Crippen LogP contribution is -2.29. The maximum atomic E-state index is 12.1. The van der Waals surface area contributed by atoms with E-state index < -0.39 is 18.6 Å². The molecule has 3 nitrogen and oxygen atoms in total. The average molecular weight is 263 g/mol. The fourth-order valence-electron chi connectivity index (χ4n) is 1.68. The van der Waals surface area contributed by atoms with E-state index in [1.807, 2.05) is 0 Å². The van der Waals surface area contributed by atoms with E-state index in [2.05, 4.69) is 0 Å². The van der Waals surface area contributed by atoms with Crippen LogP contribution in [-0.2, 0) is 6.42 Å². The van der Waals surface area contributed by atoms with E-state index in [0.29, 0.717) is 17.1 Å². The first-order valence-corrected chi connectivity index (χ1v) is 5.39. The molecule has 0 radical (unpaired) electrons. The summed E-state index contributed by atoms with van der Waals surface area (Å²) >= 11 is 0. The van der Waals surface area contributed by atoms with Crippen molar-refractivity contribution in [2.24, 2.45) is 5.73 Å². The van der Waals surface area contributed by atoms with Crippen molar-refractivity contribution in [3.63, 3.8) is 0 Å². The van der Waals surface area contributed by atoms with Crippen LogP contribution >= 0.6 is 0 Å². The van der Waals surface area contributed by atoms with E-state index in [4.69, 9.17) is 15.2 Å². The Kier molecular flexibility index (Phi) is 4.84. The Morgan fingerprint density at radius 3 is 2.28 bits per heavy atom. The Morgan fingerprint density at radius 1 is 1.17 bits per heavy atom. The second-order valence-electron chi connectivity index (χ2n) is 3.97. The third-order valence-electron chi connectivity index (χ3n) is 2.44. The van der Waals surface area contributed by atoms with E-state index in [-0.39, 0.29) is 6.42 Å². The topological polar surface area (TPSA) is 44.5 Å². The summed E-state index contributed by atoms with van der Waals surface area (Å²) in [5.74, 6) is 1.01. The molecule has 0 saturated carbocycles. The number of rotatable bonds is 5. The lowest BCUT2D eigenvalue weighted by atomic mass is 10.0. The molecule has 1 aromatic rings. The summed E-state index contributed by atoms with van der Waals surface area (Å²) in [6, 6.07) is 4.00. The molecule has 0 amide bonds. The molecular weight excluding hydrogens is 247 g/mol. The molecule has 6 heteroatoms. The molecule has 0 aliphatic heterocycles. The molecule has 102 valence electrons. The standard InChI is InChI=1S/C12H16F3NO2/c1-17-10-4-3-8(6-11(10)18-2)5-9(16)7-12(13,14)15/h3-4,6,9H,5,7,16H2,1-2H3/t9-/m1/s1. The molecule has 0 bridgehead atoms. The predicted octanol–water partition coefficient (Wildman–Crippen LogP) is 2.53. The second-order valence-corrected chi connectivity index (χ2v) is 3.97. The van der Waals surface area contributed by atoms with Crippen LogP contribution in [0.2, 0.25) is 0 Å². The van der Waals surface area contributed by atoms with Crippen molar-refractivity contribution in [1.82, 2.24) is 0 Å². The normalized spacial score (nSPS) is 13.2. The van der Waals surface area contributed by atoms with Crippen LogP contribution in [0.1, 0.15) is 12.0 Å². The summed E-state index contributed by atoms with van der Waals surface area (Å²) < 4.78 is 46.6. The van der Waals surface area contributed by atoms with Crippen molar-refractivity contribution >= 4 is 0 Å². The Balaban J connectivity index is 2.73. The molecule has 0 aromatic heterocycles. The summed E-state index contributed by atoms with van der Waals surface area (Å²) in [6.07, 6.45) is -5.10. The number of alkyl halides is 3. The van der Waals surface area contributed by atoms with Crippen molar-refractivity contribution in [1.29, 1.82) is 0 Å². The highest BCUT2D eigenvalue weighted by Crippen LogP contribution is 2.29. The van der Waals surface area contributed by atoms with Crippen molar-refractivity contribution < 1.29 is 22.6 Å². The third-order valence-corrected chi connectivity index (χ3v) is 2.44. The highest BCUT2D eigenvalue weighted by molar-refractivity contribution is 5.43. The fourth-order valence-corrected chi connectivity index (χ4v) is 1.68. The minimum absolute atomic E-state index is 0.139. The number of nitrogens with two attached hydrogens (primary N) is 1. The van der Waals surface area contributed by atoms with Gasteiger partial charge in [0.05, 0.1) is 20.6 Å². The number of ether oxygens (including phenoxy) is 2. The lowest BCUT2D eigenvalue weighted by molar-refractivity contribution is -0.138. The van der Waals surface area contributed by atoms with E-state index in [1.165, 1.54) is 14.2 Å². The van der Waals surface area contributed by atoms with Gasteiger partial charge in [-0.05, 0) is 24.1 Å². The number of hydrogen-bond acceptors (Lipinski definition) is 3. The Labute approximate surface area is 104 Å².